The zero-order valence-corrected chi connectivity index (χ0v) is 10.7. The molecule has 0 spiro atoms. The van der Waals surface area contributed by atoms with Crippen LogP contribution >= 0.6 is 0 Å². The van der Waals surface area contributed by atoms with Gasteiger partial charge >= 0.3 is 0 Å². The summed E-state index contributed by atoms with van der Waals surface area (Å²) in [6.45, 7) is 2.07. The normalized spacial score (nSPS) is 17.4. The van der Waals surface area contributed by atoms with Gasteiger partial charge in [0.15, 0.2) is 5.58 Å². The molecule has 2 heterocycles. The summed E-state index contributed by atoms with van der Waals surface area (Å²) in [5, 5.41) is 3.47. The van der Waals surface area contributed by atoms with E-state index in [-0.39, 0.29) is 6.04 Å². The average molecular weight is 250 g/mol. The smallest absolute Gasteiger partial charge is 0.218 e. The zero-order valence-electron chi connectivity index (χ0n) is 10.7. The number of nitrogens with one attached hydrogen (secondary N) is 1. The lowest BCUT2D eigenvalue weighted by atomic mass is 10.1. The second kappa shape index (κ2) is 3.85. The van der Waals surface area contributed by atoms with Gasteiger partial charge < -0.3 is 9.73 Å². The lowest BCUT2D eigenvalue weighted by Crippen LogP contribution is -2.05. The lowest BCUT2D eigenvalue weighted by molar-refractivity contribution is 0.497. The monoisotopic (exact) mass is 250 g/mol. The van der Waals surface area contributed by atoms with E-state index in [0.717, 1.165) is 23.4 Å². The molecule has 0 bridgehead atoms. The molecule has 4 rings (SSSR count). The molecule has 1 N–H and O–H groups in total. The Hall–Kier alpha value is -2.29. The van der Waals surface area contributed by atoms with Crippen molar-refractivity contribution in [3.05, 3.63) is 59.5 Å². The van der Waals surface area contributed by atoms with Crippen LogP contribution in [0.1, 0.15) is 23.1 Å². The number of anilines is 1. The molecule has 0 saturated heterocycles. The lowest BCUT2D eigenvalue weighted by Gasteiger charge is -2.05. The molecule has 1 unspecified atom stereocenters. The van der Waals surface area contributed by atoms with Crippen molar-refractivity contribution in [1.29, 1.82) is 0 Å². The van der Waals surface area contributed by atoms with E-state index in [9.17, 15) is 0 Å². The Bertz CT molecular complexity index is 735. The van der Waals surface area contributed by atoms with E-state index in [0.29, 0.717) is 0 Å². The van der Waals surface area contributed by atoms with Crippen LogP contribution in [0, 0.1) is 6.92 Å². The maximum absolute atomic E-state index is 5.86. The van der Waals surface area contributed by atoms with Crippen LogP contribution in [0.5, 0.6) is 0 Å². The van der Waals surface area contributed by atoms with Crippen molar-refractivity contribution in [3.8, 4) is 0 Å². The van der Waals surface area contributed by atoms with Gasteiger partial charge in [0.2, 0.25) is 5.89 Å². The summed E-state index contributed by atoms with van der Waals surface area (Å²) >= 11 is 0. The molecule has 3 nitrogen and oxygen atoms in total. The van der Waals surface area contributed by atoms with Gasteiger partial charge in [-0.05, 0) is 36.2 Å². The summed E-state index contributed by atoms with van der Waals surface area (Å²) in [7, 11) is 0. The first-order valence-corrected chi connectivity index (χ1v) is 6.51. The highest BCUT2D eigenvalue weighted by molar-refractivity contribution is 5.73. The number of benzene rings is 2. The Morgan fingerprint density at radius 3 is 3.00 bits per heavy atom. The Morgan fingerprint density at radius 2 is 2.11 bits per heavy atom. The van der Waals surface area contributed by atoms with E-state index >= 15 is 0 Å². The number of rotatable bonds is 1. The van der Waals surface area contributed by atoms with Crippen molar-refractivity contribution in [2.45, 2.75) is 19.4 Å². The van der Waals surface area contributed by atoms with E-state index in [1.165, 1.54) is 16.8 Å². The van der Waals surface area contributed by atoms with Crippen molar-refractivity contribution in [2.75, 3.05) is 5.32 Å². The summed E-state index contributed by atoms with van der Waals surface area (Å²) in [6.07, 6.45) is 0.933. The Morgan fingerprint density at radius 1 is 1.21 bits per heavy atom. The molecular weight excluding hydrogens is 236 g/mol. The summed E-state index contributed by atoms with van der Waals surface area (Å²) in [5.74, 6) is 0.775. The maximum Gasteiger partial charge on any atom is 0.218 e. The number of hydrogen-bond donors (Lipinski definition) is 1. The number of oxazole rings is 1. The van der Waals surface area contributed by atoms with Crippen LogP contribution in [0.2, 0.25) is 0 Å². The second-order valence-electron chi connectivity index (χ2n) is 5.08. The zero-order chi connectivity index (χ0) is 12.8. The average Bonchev–Trinajstić information content (AvgIpc) is 3.00. The fourth-order valence-electron chi connectivity index (χ4n) is 2.65. The van der Waals surface area contributed by atoms with Gasteiger partial charge in [0.05, 0.1) is 0 Å². The number of nitrogens with zero attached hydrogens (tertiary/aromatic N) is 1. The molecule has 0 fully saturated rings. The summed E-state index contributed by atoms with van der Waals surface area (Å²) in [5.41, 5.74) is 5.51. The van der Waals surface area contributed by atoms with Crippen LogP contribution in [0.25, 0.3) is 11.1 Å². The molecule has 1 atom stereocenters. The predicted molar refractivity (Wildman–Crippen MR) is 75.3 cm³/mol. The molecular formula is C16H14N2O. The quantitative estimate of drug-likeness (QED) is 0.713. The van der Waals surface area contributed by atoms with Crippen LogP contribution < -0.4 is 5.32 Å². The molecule has 0 radical (unpaired) electrons. The molecule has 3 heteroatoms. The third kappa shape index (κ3) is 1.70. The van der Waals surface area contributed by atoms with Gasteiger partial charge in [-0.1, -0.05) is 24.3 Å². The second-order valence-corrected chi connectivity index (χ2v) is 5.08. The van der Waals surface area contributed by atoms with Crippen molar-refractivity contribution in [1.82, 2.24) is 4.98 Å². The summed E-state index contributed by atoms with van der Waals surface area (Å²) < 4.78 is 5.86. The number of fused-ring (bicyclic) bond motifs is 2. The minimum atomic E-state index is 0.144. The highest BCUT2D eigenvalue weighted by atomic mass is 16.3. The predicted octanol–water partition coefficient (Wildman–Crippen LogP) is 3.85. The van der Waals surface area contributed by atoms with Crippen LogP contribution in [0.15, 0.2) is 46.9 Å². The Balaban J connectivity index is 1.73. The molecule has 0 amide bonds. The number of para-hydroxylation sites is 1. The summed E-state index contributed by atoms with van der Waals surface area (Å²) in [4.78, 5) is 4.61. The van der Waals surface area contributed by atoms with Gasteiger partial charge in [0.1, 0.15) is 11.6 Å². The SMILES string of the molecule is Cc1ccc2oc(C3Cc4ccccc4N3)nc2c1. The van der Waals surface area contributed by atoms with E-state index in [1.54, 1.807) is 0 Å². The molecule has 3 aromatic rings. The van der Waals surface area contributed by atoms with Crippen molar-refractivity contribution in [2.24, 2.45) is 0 Å². The van der Waals surface area contributed by atoms with Crippen molar-refractivity contribution >= 4 is 16.8 Å². The Kier molecular flexibility index (Phi) is 2.15. The fraction of sp³-hybridized carbons (Fsp3) is 0.188. The first-order valence-electron chi connectivity index (χ1n) is 6.51. The number of aromatic nitrogens is 1. The fourth-order valence-corrected chi connectivity index (χ4v) is 2.65. The number of aryl methyl sites for hydroxylation is 1. The van der Waals surface area contributed by atoms with Crippen LogP contribution in [0.4, 0.5) is 5.69 Å². The van der Waals surface area contributed by atoms with E-state index in [4.69, 9.17) is 4.42 Å². The van der Waals surface area contributed by atoms with E-state index < -0.39 is 0 Å². The summed E-state index contributed by atoms with van der Waals surface area (Å²) in [6, 6.07) is 14.6. The topological polar surface area (TPSA) is 38.1 Å². The highest BCUT2D eigenvalue weighted by Crippen LogP contribution is 2.34. The third-order valence-electron chi connectivity index (χ3n) is 3.63. The standard InChI is InChI=1S/C16H14N2O/c1-10-6-7-15-13(8-10)18-16(19-15)14-9-11-4-2-3-5-12(11)17-14/h2-8,14,17H,9H2,1H3. The van der Waals surface area contributed by atoms with Crippen LogP contribution in [-0.4, -0.2) is 4.98 Å². The van der Waals surface area contributed by atoms with Gasteiger partial charge in [0.25, 0.3) is 0 Å². The van der Waals surface area contributed by atoms with Crippen LogP contribution in [-0.2, 0) is 6.42 Å². The van der Waals surface area contributed by atoms with Crippen molar-refractivity contribution in [3.63, 3.8) is 0 Å². The minimum Gasteiger partial charge on any atom is -0.438 e. The first kappa shape index (κ1) is 10.6. The molecule has 1 aliphatic heterocycles. The van der Waals surface area contributed by atoms with Crippen LogP contribution in [0.3, 0.4) is 0 Å². The minimum absolute atomic E-state index is 0.144. The molecule has 0 saturated carbocycles. The Labute approximate surface area is 111 Å². The molecule has 1 aliphatic rings. The molecule has 1 aromatic heterocycles. The third-order valence-corrected chi connectivity index (χ3v) is 3.63. The van der Waals surface area contributed by atoms with Gasteiger partial charge in [-0.25, -0.2) is 4.98 Å². The van der Waals surface area contributed by atoms with Gasteiger partial charge in [0, 0.05) is 12.1 Å². The first-order chi connectivity index (χ1) is 9.29. The van der Waals surface area contributed by atoms with Gasteiger partial charge in [-0.2, -0.15) is 0 Å². The largest absolute Gasteiger partial charge is 0.438 e. The molecule has 19 heavy (non-hydrogen) atoms. The van der Waals surface area contributed by atoms with Crippen molar-refractivity contribution < 1.29 is 4.42 Å². The molecule has 94 valence electrons. The highest BCUT2D eigenvalue weighted by Gasteiger charge is 2.25. The molecule has 2 aromatic carbocycles. The molecule has 0 aliphatic carbocycles. The number of hydrogen-bond acceptors (Lipinski definition) is 3. The maximum atomic E-state index is 5.86. The van der Waals surface area contributed by atoms with Gasteiger partial charge in [-0.3, -0.25) is 0 Å². The van der Waals surface area contributed by atoms with Gasteiger partial charge in [-0.15, -0.1) is 0 Å². The van der Waals surface area contributed by atoms with E-state index in [1.807, 2.05) is 18.2 Å². The van der Waals surface area contributed by atoms with E-state index in [2.05, 4.69) is 41.5 Å².